The predicted octanol–water partition coefficient (Wildman–Crippen LogP) is -2.21. The van der Waals surface area contributed by atoms with E-state index in [1.165, 1.54) is 0 Å². The standard InChI is InChI=1S/C8H10I2N3O/c9-13-10-12-8(14)5-6-2-1-3-7(11)4-6/h1-4,13H,5,11H2,(H,12,14)/q-1. The van der Waals surface area contributed by atoms with Gasteiger partial charge in [-0.3, -0.25) is 0 Å². The van der Waals surface area contributed by atoms with Crippen LogP contribution in [0.25, 0.3) is 0 Å². The Balaban J connectivity index is 2.47. The Morgan fingerprint density at radius 3 is 3.00 bits per heavy atom. The molecule has 0 radical (unpaired) electrons. The Hall–Kier alpha value is -0.0900. The van der Waals surface area contributed by atoms with E-state index in [2.05, 4.69) is 5.27 Å². The first-order chi connectivity index (χ1) is 6.72. The van der Waals surface area contributed by atoms with Crippen molar-refractivity contribution in [3.63, 3.8) is 0 Å². The van der Waals surface area contributed by atoms with Crippen molar-refractivity contribution >= 4 is 34.5 Å². The molecule has 0 aliphatic heterocycles. The second kappa shape index (κ2) is 6.40. The van der Waals surface area contributed by atoms with Crippen molar-refractivity contribution in [2.24, 2.45) is 0 Å². The fourth-order valence-corrected chi connectivity index (χ4v) is 2.27. The van der Waals surface area contributed by atoms with E-state index in [9.17, 15) is 4.79 Å². The topological polar surface area (TPSA) is 67.2 Å². The maximum atomic E-state index is 11.3. The molecule has 0 aliphatic rings. The summed E-state index contributed by atoms with van der Waals surface area (Å²) in [7, 11) is 0. The molecule has 14 heavy (non-hydrogen) atoms. The van der Waals surface area contributed by atoms with Crippen molar-refractivity contribution in [3.8, 4) is 0 Å². The van der Waals surface area contributed by atoms with Crippen LogP contribution < -0.4 is 32.8 Å². The number of benzene rings is 1. The summed E-state index contributed by atoms with van der Waals surface area (Å²) in [5.41, 5.74) is 7.23. The van der Waals surface area contributed by atoms with E-state index in [1.807, 2.05) is 41.1 Å². The van der Waals surface area contributed by atoms with Crippen molar-refractivity contribution < 1.29 is 26.5 Å². The zero-order valence-corrected chi connectivity index (χ0v) is 11.6. The molecule has 1 rings (SSSR count). The number of hydrogen-bond acceptors (Lipinski definition) is 3. The molecule has 0 spiro atoms. The number of halogens is 2. The molecule has 78 valence electrons. The van der Waals surface area contributed by atoms with Gasteiger partial charge in [0.25, 0.3) is 0 Å². The summed E-state index contributed by atoms with van der Waals surface area (Å²) in [6, 6.07) is 7.37. The molecule has 0 unspecified atom stereocenters. The van der Waals surface area contributed by atoms with Crippen LogP contribution >= 0.6 is 22.9 Å². The number of nitrogens with one attached hydrogen (secondary N) is 2. The van der Waals surface area contributed by atoms with Crippen LogP contribution in [0.2, 0.25) is 0 Å². The molecule has 1 aromatic carbocycles. The van der Waals surface area contributed by atoms with Gasteiger partial charge in [0.2, 0.25) is 0 Å². The molecule has 0 saturated carbocycles. The molecule has 6 heteroatoms. The molecule has 1 amide bonds. The summed E-state index contributed by atoms with van der Waals surface area (Å²) in [6.07, 6.45) is 0.392. The molecule has 0 aliphatic carbocycles. The first kappa shape index (κ1) is 12.0. The number of nitrogen functional groups attached to an aromatic ring is 1. The SMILES string of the molecule is Nc1cccc(CC(=O)N[I-]NI)c1. The van der Waals surface area contributed by atoms with Crippen LogP contribution in [-0.2, 0) is 11.2 Å². The summed E-state index contributed by atoms with van der Waals surface area (Å²) in [5, 5.41) is 0. The number of carbonyl (C=O) groups is 1. The number of nitrogens with two attached hydrogens (primary N) is 1. The molecule has 4 nitrogen and oxygen atoms in total. The van der Waals surface area contributed by atoms with Crippen LogP contribution in [0.4, 0.5) is 5.69 Å². The molecular formula is C8H10I2N3O-. The average molecular weight is 418 g/mol. The van der Waals surface area contributed by atoms with Gasteiger partial charge >= 0.3 is 108 Å². The van der Waals surface area contributed by atoms with E-state index in [0.29, 0.717) is 12.1 Å². The van der Waals surface area contributed by atoms with Gasteiger partial charge in [-0.25, -0.2) is 0 Å². The van der Waals surface area contributed by atoms with Gasteiger partial charge < -0.3 is 0 Å². The Labute approximate surface area is 107 Å². The first-order valence-corrected chi connectivity index (χ1v) is 7.07. The minimum absolute atomic E-state index is 0.0348. The third kappa shape index (κ3) is 4.42. The predicted molar refractivity (Wildman–Crippen MR) is 59.9 cm³/mol. The second-order valence-electron chi connectivity index (χ2n) is 2.61. The summed E-state index contributed by atoms with van der Waals surface area (Å²) in [5.74, 6) is 0.0348. The van der Waals surface area contributed by atoms with Crippen LogP contribution in [0, 0.1) is 0 Å². The van der Waals surface area contributed by atoms with Crippen LogP contribution in [-0.4, -0.2) is 5.91 Å². The third-order valence-corrected chi connectivity index (χ3v) is 3.95. The first-order valence-electron chi connectivity index (χ1n) is 3.84. The molecule has 0 bridgehead atoms. The van der Waals surface area contributed by atoms with E-state index in [1.54, 1.807) is 6.07 Å². The van der Waals surface area contributed by atoms with Gasteiger partial charge in [-0.05, 0) is 0 Å². The fourth-order valence-electron chi connectivity index (χ4n) is 0.992. The molecule has 1 aromatic rings. The molecule has 0 heterocycles. The van der Waals surface area contributed by atoms with Crippen molar-refractivity contribution in [2.45, 2.75) is 6.42 Å². The van der Waals surface area contributed by atoms with E-state index < -0.39 is 21.8 Å². The van der Waals surface area contributed by atoms with Crippen LogP contribution in [0.1, 0.15) is 5.56 Å². The summed E-state index contributed by atoms with van der Waals surface area (Å²) in [6.45, 7) is 0. The monoisotopic (exact) mass is 418 g/mol. The molecule has 4 N–H and O–H groups in total. The Morgan fingerprint density at radius 2 is 2.36 bits per heavy atom. The van der Waals surface area contributed by atoms with Crippen molar-refractivity contribution in [3.05, 3.63) is 29.8 Å². The van der Waals surface area contributed by atoms with E-state index in [-0.39, 0.29) is 5.91 Å². The molecular weight excluding hydrogens is 408 g/mol. The zero-order valence-electron chi connectivity index (χ0n) is 7.26. The van der Waals surface area contributed by atoms with Gasteiger partial charge in [-0.15, -0.1) is 0 Å². The summed E-state index contributed by atoms with van der Waals surface area (Å²) >= 11 is 1.61. The zero-order chi connectivity index (χ0) is 10.4. The van der Waals surface area contributed by atoms with E-state index in [4.69, 9.17) is 5.73 Å². The van der Waals surface area contributed by atoms with E-state index >= 15 is 0 Å². The average Bonchev–Trinajstić information content (AvgIpc) is 2.15. The fraction of sp³-hybridized carbons (Fsp3) is 0.125. The number of anilines is 1. The number of amides is 1. The van der Waals surface area contributed by atoms with Gasteiger partial charge in [0.1, 0.15) is 0 Å². The quantitative estimate of drug-likeness (QED) is 0.295. The van der Waals surface area contributed by atoms with Crippen LogP contribution in [0.5, 0.6) is 0 Å². The Morgan fingerprint density at radius 1 is 1.57 bits per heavy atom. The van der Waals surface area contributed by atoms with Gasteiger partial charge in [0, 0.05) is 0 Å². The van der Waals surface area contributed by atoms with Crippen LogP contribution in [0.15, 0.2) is 24.3 Å². The molecule has 0 fully saturated rings. The van der Waals surface area contributed by atoms with E-state index in [0.717, 1.165) is 5.56 Å². The van der Waals surface area contributed by atoms with Gasteiger partial charge in [0.15, 0.2) is 0 Å². The molecule has 0 saturated heterocycles. The number of rotatable bonds is 4. The third-order valence-electron chi connectivity index (χ3n) is 1.50. The van der Waals surface area contributed by atoms with Gasteiger partial charge in [0.05, 0.1) is 0 Å². The van der Waals surface area contributed by atoms with Crippen LogP contribution in [0.3, 0.4) is 0 Å². The Kier molecular flexibility index (Phi) is 5.48. The second-order valence-corrected chi connectivity index (χ2v) is 6.83. The number of carbonyl (C=O) groups excluding carboxylic acids is 1. The van der Waals surface area contributed by atoms with Crippen molar-refractivity contribution in [2.75, 3.05) is 5.73 Å². The number of hydrogen-bond donors (Lipinski definition) is 3. The summed E-state index contributed by atoms with van der Waals surface area (Å²) < 4.78 is 5.73. The Bertz CT molecular complexity index is 319. The van der Waals surface area contributed by atoms with Gasteiger partial charge in [-0.1, -0.05) is 0 Å². The summed E-state index contributed by atoms with van der Waals surface area (Å²) in [4.78, 5) is 11.3. The normalized spacial score (nSPS) is 10.1. The van der Waals surface area contributed by atoms with Crippen molar-refractivity contribution in [1.29, 1.82) is 0 Å². The van der Waals surface area contributed by atoms with Gasteiger partial charge in [-0.2, -0.15) is 0 Å². The minimum atomic E-state index is -0.413. The molecule has 0 aromatic heterocycles. The van der Waals surface area contributed by atoms with Crippen molar-refractivity contribution in [1.82, 2.24) is 5.27 Å². The molecule has 0 atom stereocenters. The maximum absolute atomic E-state index is 11.3.